The molecule has 0 bridgehead atoms. The third-order valence-electron chi connectivity index (χ3n) is 3.12. The fraction of sp³-hybridized carbons (Fsp3) is 0.188. The van der Waals surface area contributed by atoms with Crippen molar-refractivity contribution in [3.8, 4) is 17.2 Å². The number of rotatable bonds is 5. The Morgan fingerprint density at radius 1 is 1.08 bits per heavy atom. The summed E-state index contributed by atoms with van der Waals surface area (Å²) in [4.78, 5) is 11.6. The van der Waals surface area contributed by atoms with E-state index in [9.17, 15) is 13.6 Å². The predicted molar refractivity (Wildman–Crippen MR) is 81.4 cm³/mol. The molecule has 2 amide bonds. The quantitative estimate of drug-likeness (QED) is 0.824. The molecule has 0 aliphatic carbocycles. The standard InChI is InChI=1S/C16H14F2N2O4/c17-10-5-11(18)7-12(6-10)20-16(21)19-3-4-22-13-1-2-14-15(8-13)24-9-23-14/h1-2,5-8H,3-4,9H2,(H2,19,20,21). The highest BCUT2D eigenvalue weighted by molar-refractivity contribution is 5.89. The van der Waals surface area contributed by atoms with Gasteiger partial charge in [-0.15, -0.1) is 0 Å². The van der Waals surface area contributed by atoms with Crippen LogP contribution >= 0.6 is 0 Å². The summed E-state index contributed by atoms with van der Waals surface area (Å²) >= 11 is 0. The molecule has 0 unspecified atom stereocenters. The maximum absolute atomic E-state index is 13.0. The number of urea groups is 1. The van der Waals surface area contributed by atoms with E-state index >= 15 is 0 Å². The summed E-state index contributed by atoms with van der Waals surface area (Å²) in [6, 6.07) is 7.33. The summed E-state index contributed by atoms with van der Waals surface area (Å²) in [6.45, 7) is 0.601. The van der Waals surface area contributed by atoms with Gasteiger partial charge in [0.25, 0.3) is 0 Å². The molecule has 0 radical (unpaired) electrons. The number of amides is 2. The first kappa shape index (κ1) is 15.9. The summed E-state index contributed by atoms with van der Waals surface area (Å²) in [5.41, 5.74) is 0.0293. The van der Waals surface area contributed by atoms with E-state index in [2.05, 4.69) is 10.6 Å². The van der Waals surface area contributed by atoms with Crippen LogP contribution in [-0.4, -0.2) is 26.0 Å². The zero-order valence-corrected chi connectivity index (χ0v) is 12.5. The minimum atomic E-state index is -0.767. The predicted octanol–water partition coefficient (Wildman–Crippen LogP) is 2.89. The fourth-order valence-corrected chi connectivity index (χ4v) is 2.10. The van der Waals surface area contributed by atoms with Crippen LogP contribution in [0, 0.1) is 11.6 Å². The maximum atomic E-state index is 13.0. The molecule has 2 aromatic carbocycles. The summed E-state index contributed by atoms with van der Waals surface area (Å²) in [7, 11) is 0. The Balaban J connectivity index is 1.42. The van der Waals surface area contributed by atoms with Gasteiger partial charge in [0, 0.05) is 17.8 Å². The summed E-state index contributed by atoms with van der Waals surface area (Å²) in [6.07, 6.45) is 0. The second kappa shape index (κ2) is 7.03. The molecule has 0 fully saturated rings. The number of nitrogens with one attached hydrogen (secondary N) is 2. The molecular formula is C16H14F2N2O4. The van der Waals surface area contributed by atoms with Crippen molar-refractivity contribution >= 4 is 11.7 Å². The molecule has 0 saturated carbocycles. The van der Waals surface area contributed by atoms with E-state index < -0.39 is 17.7 Å². The van der Waals surface area contributed by atoms with Crippen molar-refractivity contribution in [3.63, 3.8) is 0 Å². The number of benzene rings is 2. The molecule has 6 nitrogen and oxygen atoms in total. The highest BCUT2D eigenvalue weighted by Gasteiger charge is 2.13. The molecule has 24 heavy (non-hydrogen) atoms. The maximum Gasteiger partial charge on any atom is 0.319 e. The Morgan fingerprint density at radius 2 is 1.83 bits per heavy atom. The van der Waals surface area contributed by atoms with Crippen molar-refractivity contribution < 1.29 is 27.8 Å². The van der Waals surface area contributed by atoms with Crippen LogP contribution in [-0.2, 0) is 0 Å². The van der Waals surface area contributed by atoms with Crippen molar-refractivity contribution in [2.45, 2.75) is 0 Å². The monoisotopic (exact) mass is 336 g/mol. The van der Waals surface area contributed by atoms with Crippen LogP contribution in [0.1, 0.15) is 0 Å². The minimum Gasteiger partial charge on any atom is -0.492 e. The topological polar surface area (TPSA) is 68.8 Å². The molecule has 8 heteroatoms. The zero-order chi connectivity index (χ0) is 16.9. The lowest BCUT2D eigenvalue weighted by Crippen LogP contribution is -2.32. The third kappa shape index (κ3) is 4.03. The van der Waals surface area contributed by atoms with Gasteiger partial charge in [0.2, 0.25) is 6.79 Å². The number of anilines is 1. The van der Waals surface area contributed by atoms with Gasteiger partial charge in [-0.05, 0) is 24.3 Å². The van der Waals surface area contributed by atoms with Gasteiger partial charge in [0.1, 0.15) is 24.0 Å². The van der Waals surface area contributed by atoms with Gasteiger partial charge in [-0.2, -0.15) is 0 Å². The second-order valence-electron chi connectivity index (χ2n) is 4.90. The van der Waals surface area contributed by atoms with Crippen LogP contribution in [0.4, 0.5) is 19.3 Å². The summed E-state index contributed by atoms with van der Waals surface area (Å²) in [5, 5.41) is 4.85. The molecule has 0 spiro atoms. The van der Waals surface area contributed by atoms with E-state index in [-0.39, 0.29) is 25.6 Å². The van der Waals surface area contributed by atoms with E-state index in [4.69, 9.17) is 14.2 Å². The first-order valence-electron chi connectivity index (χ1n) is 7.13. The molecule has 1 aliphatic rings. The number of carbonyl (C=O) groups is 1. The second-order valence-corrected chi connectivity index (χ2v) is 4.90. The number of halogens is 2. The molecule has 2 aromatic rings. The van der Waals surface area contributed by atoms with Gasteiger partial charge < -0.3 is 24.8 Å². The number of carbonyl (C=O) groups excluding carboxylic acids is 1. The van der Waals surface area contributed by atoms with Crippen LogP contribution in [0.5, 0.6) is 17.2 Å². The molecule has 126 valence electrons. The Labute approximate surface area is 136 Å². The van der Waals surface area contributed by atoms with Gasteiger partial charge >= 0.3 is 6.03 Å². The van der Waals surface area contributed by atoms with Crippen LogP contribution in [0.15, 0.2) is 36.4 Å². The van der Waals surface area contributed by atoms with Gasteiger partial charge in [-0.25, -0.2) is 13.6 Å². The highest BCUT2D eigenvalue weighted by atomic mass is 19.1. The van der Waals surface area contributed by atoms with Gasteiger partial charge in [0.15, 0.2) is 11.5 Å². The number of hydrogen-bond acceptors (Lipinski definition) is 4. The molecule has 0 aromatic heterocycles. The van der Waals surface area contributed by atoms with Crippen molar-refractivity contribution in [1.82, 2.24) is 5.32 Å². The third-order valence-corrected chi connectivity index (χ3v) is 3.12. The molecule has 1 heterocycles. The van der Waals surface area contributed by atoms with Crippen LogP contribution < -0.4 is 24.8 Å². The molecule has 0 atom stereocenters. The van der Waals surface area contributed by atoms with Gasteiger partial charge in [-0.1, -0.05) is 0 Å². The van der Waals surface area contributed by atoms with Crippen molar-refractivity contribution in [2.24, 2.45) is 0 Å². The van der Waals surface area contributed by atoms with Crippen LogP contribution in [0.2, 0.25) is 0 Å². The lowest BCUT2D eigenvalue weighted by molar-refractivity contribution is 0.173. The first-order chi connectivity index (χ1) is 11.6. The number of hydrogen-bond donors (Lipinski definition) is 2. The smallest absolute Gasteiger partial charge is 0.319 e. The van der Waals surface area contributed by atoms with E-state index in [0.29, 0.717) is 17.2 Å². The molecular weight excluding hydrogens is 322 g/mol. The average molecular weight is 336 g/mol. The van der Waals surface area contributed by atoms with Crippen molar-refractivity contribution in [3.05, 3.63) is 48.0 Å². The Morgan fingerprint density at radius 3 is 2.62 bits per heavy atom. The zero-order valence-electron chi connectivity index (χ0n) is 12.5. The normalized spacial score (nSPS) is 11.9. The first-order valence-corrected chi connectivity index (χ1v) is 7.13. The van der Waals surface area contributed by atoms with E-state index in [0.717, 1.165) is 18.2 Å². The van der Waals surface area contributed by atoms with E-state index in [1.807, 2.05) is 0 Å². The number of ether oxygens (including phenoxy) is 3. The van der Waals surface area contributed by atoms with Crippen LogP contribution in [0.25, 0.3) is 0 Å². The van der Waals surface area contributed by atoms with Gasteiger partial charge in [-0.3, -0.25) is 0 Å². The lowest BCUT2D eigenvalue weighted by Gasteiger charge is -2.09. The minimum absolute atomic E-state index is 0.0293. The molecule has 2 N–H and O–H groups in total. The Kier molecular flexibility index (Phi) is 4.64. The van der Waals surface area contributed by atoms with E-state index in [1.165, 1.54) is 0 Å². The number of fused-ring (bicyclic) bond motifs is 1. The van der Waals surface area contributed by atoms with Crippen molar-refractivity contribution in [2.75, 3.05) is 25.3 Å². The molecule has 0 saturated heterocycles. The largest absolute Gasteiger partial charge is 0.492 e. The van der Waals surface area contributed by atoms with Gasteiger partial charge in [0.05, 0.1) is 6.54 Å². The van der Waals surface area contributed by atoms with Crippen molar-refractivity contribution in [1.29, 1.82) is 0 Å². The Hall–Kier alpha value is -3.03. The lowest BCUT2D eigenvalue weighted by atomic mass is 10.3. The summed E-state index contributed by atoms with van der Waals surface area (Å²) < 4.78 is 41.9. The van der Waals surface area contributed by atoms with E-state index in [1.54, 1.807) is 18.2 Å². The van der Waals surface area contributed by atoms with Crippen LogP contribution in [0.3, 0.4) is 0 Å². The Bertz CT molecular complexity index is 735. The average Bonchev–Trinajstić information content (AvgIpc) is 2.98. The fourth-order valence-electron chi connectivity index (χ4n) is 2.10. The molecule has 1 aliphatic heterocycles. The molecule has 3 rings (SSSR count). The highest BCUT2D eigenvalue weighted by Crippen LogP contribution is 2.34. The SMILES string of the molecule is O=C(NCCOc1ccc2c(c1)OCO2)Nc1cc(F)cc(F)c1. The summed E-state index contributed by atoms with van der Waals surface area (Å²) in [5.74, 6) is 0.301.